The van der Waals surface area contributed by atoms with Crippen LogP contribution in [0.3, 0.4) is 0 Å². The molecule has 8 aliphatic rings. The lowest BCUT2D eigenvalue weighted by atomic mass is 9.78. The Morgan fingerprint density at radius 3 is 2.16 bits per heavy atom. The van der Waals surface area contributed by atoms with Crippen molar-refractivity contribution in [3.63, 3.8) is 0 Å². The van der Waals surface area contributed by atoms with Crippen LogP contribution >= 0.6 is 0 Å². The van der Waals surface area contributed by atoms with E-state index >= 15 is 14.0 Å². The van der Waals surface area contributed by atoms with Crippen molar-refractivity contribution in [2.75, 3.05) is 52.3 Å². The first kappa shape index (κ1) is 61.7. The topological polar surface area (TPSA) is 273 Å². The number of fused-ring (bicyclic) bond motifs is 15. The van der Waals surface area contributed by atoms with E-state index in [4.69, 9.17) is 23.7 Å². The molecule has 462 valence electrons. The van der Waals surface area contributed by atoms with Gasteiger partial charge in [0.25, 0.3) is 11.7 Å². The minimum Gasteiger partial charge on any atom is -0.507 e. The molecule has 3 aliphatic carbocycles. The fraction of sp³-hybridized carbons (Fsp3) is 0.547. The summed E-state index contributed by atoms with van der Waals surface area (Å²) in [6.07, 6.45) is 9.61. The fourth-order valence-electron chi connectivity index (χ4n) is 14.1. The summed E-state index contributed by atoms with van der Waals surface area (Å²) in [4.78, 5) is 104. The lowest BCUT2D eigenvalue weighted by Gasteiger charge is -2.44. The Kier molecular flexibility index (Phi) is 16.8. The third kappa shape index (κ3) is 10.6. The van der Waals surface area contributed by atoms with Crippen molar-refractivity contribution < 1.29 is 77.3 Å². The summed E-state index contributed by atoms with van der Waals surface area (Å²) in [7, 11) is 4.92. The number of aromatic carboxylic acids is 1. The monoisotopic (exact) mass is 1190 g/mol. The number of anilines is 1. The van der Waals surface area contributed by atoms with E-state index in [0.29, 0.717) is 31.4 Å². The number of amides is 1. The van der Waals surface area contributed by atoms with Crippen molar-refractivity contribution in [2.45, 2.75) is 148 Å². The number of hydrogen-bond acceptors (Lipinski definition) is 18. The maximum Gasteiger partial charge on any atom is 0.341 e. The first-order valence-electron chi connectivity index (χ1n) is 29.7. The number of aromatic nitrogens is 1. The van der Waals surface area contributed by atoms with E-state index in [9.17, 15) is 44.4 Å². The number of allylic oxidation sites excluding steroid dienone is 4. The van der Waals surface area contributed by atoms with Gasteiger partial charge < -0.3 is 63.8 Å². The smallest absolute Gasteiger partial charge is 0.341 e. The van der Waals surface area contributed by atoms with Crippen LogP contribution in [-0.2, 0) is 23.8 Å². The lowest BCUT2D eigenvalue weighted by molar-refractivity contribution is -0.160. The van der Waals surface area contributed by atoms with Crippen LogP contribution < -0.4 is 25.1 Å². The highest BCUT2D eigenvalue weighted by Gasteiger charge is 2.57. The minimum atomic E-state index is -2.15. The minimum absolute atomic E-state index is 0.0296. The van der Waals surface area contributed by atoms with Crippen molar-refractivity contribution in [3.8, 4) is 17.2 Å². The van der Waals surface area contributed by atoms with Gasteiger partial charge in [-0.15, -0.1) is 0 Å². The number of Topliss-reactive ketones (excluding diaryl/α,β-unsaturated/α-hetero) is 3. The summed E-state index contributed by atoms with van der Waals surface area (Å²) in [5.41, 5.74) is -2.56. The summed E-state index contributed by atoms with van der Waals surface area (Å²) < 4.78 is 48.1. The Morgan fingerprint density at radius 1 is 0.872 bits per heavy atom. The van der Waals surface area contributed by atoms with Crippen LogP contribution in [0.15, 0.2) is 64.6 Å². The highest BCUT2D eigenvalue weighted by molar-refractivity contribution is 6.32. The molecule has 2 saturated heterocycles. The normalized spacial score (nSPS) is 29.1. The van der Waals surface area contributed by atoms with E-state index < -0.39 is 128 Å². The Bertz CT molecular complexity index is 3520. The van der Waals surface area contributed by atoms with Gasteiger partial charge in [0.15, 0.2) is 11.6 Å². The molecule has 5 bridgehead atoms. The molecule has 5 N–H and O–H groups in total. The van der Waals surface area contributed by atoms with Crippen LogP contribution in [-0.4, -0.2) is 159 Å². The molecule has 6 heterocycles. The molecule has 5 aliphatic heterocycles. The number of carbonyl (C=O) groups excluding carboxylic acids is 5. The molecule has 11 rings (SSSR count). The number of rotatable bonds is 10. The summed E-state index contributed by atoms with van der Waals surface area (Å²) in [5, 5.41) is 47.7. The van der Waals surface area contributed by atoms with Crippen LogP contribution in [0.2, 0.25) is 0 Å². The Hall–Kier alpha value is -7.40. The van der Waals surface area contributed by atoms with E-state index in [2.05, 4.69) is 17.3 Å². The molecule has 1 unspecified atom stereocenters. The molecule has 22 heteroatoms. The van der Waals surface area contributed by atoms with Gasteiger partial charge in [-0.3, -0.25) is 33.7 Å². The lowest BCUT2D eigenvalue weighted by Crippen LogP contribution is -2.52. The Balaban J connectivity index is 0.953. The molecule has 4 fully saturated rings. The molecule has 1 amide bonds. The molecule has 1 aromatic heterocycles. The van der Waals surface area contributed by atoms with E-state index in [1.165, 1.54) is 66.5 Å². The highest BCUT2D eigenvalue weighted by Crippen LogP contribution is 2.55. The number of phenols is 1. The van der Waals surface area contributed by atoms with E-state index in [1.807, 2.05) is 4.90 Å². The van der Waals surface area contributed by atoms with Gasteiger partial charge in [0.05, 0.1) is 59.3 Å². The van der Waals surface area contributed by atoms with Gasteiger partial charge in [-0.25, -0.2) is 9.18 Å². The van der Waals surface area contributed by atoms with Gasteiger partial charge >= 0.3 is 17.7 Å². The van der Waals surface area contributed by atoms with Crippen LogP contribution in [0.1, 0.15) is 146 Å². The largest absolute Gasteiger partial charge is 0.507 e. The van der Waals surface area contributed by atoms with Crippen molar-refractivity contribution in [2.24, 2.45) is 29.6 Å². The predicted molar refractivity (Wildman–Crippen MR) is 313 cm³/mol. The standard InChI is InChI=1S/C64H78FN5O16/c1-30-13-12-14-31(2)61(79)66-47-50(56(77)44-45(55(47)76)53(74)35(6)58-46(44)60(78)63(8,86-58)84-26-20-43(82-10)32(3)57(85-36(7)71)34(5)52(73)33(4)51(30)72)68-24-18-38(19-25-68)67(9)64(21-22-64)37-17-23-69(28-37)49-42(65)27-40-48(59(49)83-11)70(39-15-16-39)29-41(54(40)75)62(80)81/h12-14,20,26-27,29-30,32-34,37-39,43,51-52,57,72-74H,15-19,21-25,28H2,1-11H3,(H,66,79)(H,80,81)/t30-,32+,33+,34+,37?,43-,51-,52+,57+,63-/m0/s1. The number of esters is 1. The van der Waals surface area contributed by atoms with Crippen molar-refractivity contribution in [3.05, 3.63) is 104 Å². The highest BCUT2D eigenvalue weighted by atomic mass is 19.1. The number of ketones is 3. The molecular formula is C64H78FN5O16. The number of methoxy groups -OCH3 is 2. The summed E-state index contributed by atoms with van der Waals surface area (Å²) >= 11 is 0. The third-order valence-electron chi connectivity index (χ3n) is 19.6. The van der Waals surface area contributed by atoms with E-state index in [-0.39, 0.29) is 81.6 Å². The van der Waals surface area contributed by atoms with Gasteiger partial charge in [0.2, 0.25) is 17.0 Å². The Labute approximate surface area is 498 Å². The van der Waals surface area contributed by atoms with Gasteiger partial charge in [-0.1, -0.05) is 45.9 Å². The third-order valence-corrected chi connectivity index (χ3v) is 19.6. The van der Waals surface area contributed by atoms with Gasteiger partial charge in [0.1, 0.15) is 40.2 Å². The molecule has 2 saturated carbocycles. The number of nitrogens with zero attached hydrogens (tertiary/aromatic N) is 4. The van der Waals surface area contributed by atoms with Crippen LogP contribution in [0.25, 0.3) is 10.9 Å². The molecule has 0 radical (unpaired) electrons. The molecule has 2 aromatic carbocycles. The number of aromatic hydroxyl groups is 1. The zero-order chi connectivity index (χ0) is 62.3. The number of phenolic OH excluding ortho intramolecular Hbond substituents is 1. The first-order valence-corrected chi connectivity index (χ1v) is 29.7. The zero-order valence-electron chi connectivity index (χ0n) is 50.5. The average Bonchev–Trinajstić information content (AvgIpc) is 1.37. The number of carboxylic acids is 1. The summed E-state index contributed by atoms with van der Waals surface area (Å²) in [6, 6.07) is 1.05. The molecule has 0 spiro atoms. The predicted octanol–water partition coefficient (Wildman–Crippen LogP) is 6.91. The second-order valence-corrected chi connectivity index (χ2v) is 24.8. The maximum absolute atomic E-state index is 16.5. The van der Waals surface area contributed by atoms with Crippen LogP contribution in [0.4, 0.5) is 10.1 Å². The van der Waals surface area contributed by atoms with Crippen molar-refractivity contribution in [1.82, 2.24) is 19.7 Å². The number of pyridine rings is 1. The SMILES string of the molecule is COc1c(N2CCC(C3(N(C)C4CCN(C5=C6NC(=O)C(C)=CC=C[C@H](C)[C@H](O)[C@@H](C)[C@@H](O)[C@@H](C)[C@H](OC(C)=O)[C@H](C)[C@@H](OC)C=CO[C@@]7(C)Oc8c(C)c(O)c(c(c8C7=O)C5=O)C6=O)CC4)CC3)C2)c(F)cc2c(=O)c(C(=O)O)cn(C3CC3)c12. The van der Waals surface area contributed by atoms with Crippen molar-refractivity contribution >= 4 is 51.8 Å². The number of carbonyl (C=O) groups is 6. The van der Waals surface area contributed by atoms with Crippen LogP contribution in [0.5, 0.6) is 17.2 Å². The fourth-order valence-corrected chi connectivity index (χ4v) is 14.1. The number of hydrogen-bond donors (Lipinski definition) is 5. The van der Waals surface area contributed by atoms with Gasteiger partial charge in [0, 0.05) is 106 Å². The average molecular weight is 1190 g/mol. The quantitative estimate of drug-likeness (QED) is 0.129. The summed E-state index contributed by atoms with van der Waals surface area (Å²) in [5.74, 6) is -11.4. The number of ether oxygens (including phenoxy) is 5. The number of piperidine rings is 1. The second-order valence-electron chi connectivity index (χ2n) is 24.8. The number of carboxylic acid groups (broad SMARTS) is 1. The van der Waals surface area contributed by atoms with Gasteiger partial charge in [-0.2, -0.15) is 0 Å². The molecular weight excluding hydrogens is 1110 g/mol. The molecule has 10 atom stereocenters. The number of aliphatic hydroxyl groups is 2. The Morgan fingerprint density at radius 2 is 1.55 bits per heavy atom. The number of halogens is 1. The van der Waals surface area contributed by atoms with Crippen LogP contribution in [0, 0.1) is 42.3 Å². The van der Waals surface area contributed by atoms with Crippen molar-refractivity contribution in [1.29, 1.82) is 0 Å². The van der Waals surface area contributed by atoms with Gasteiger partial charge in [-0.05, 0) is 83.9 Å². The number of likely N-dealkylation sites (tertiary alicyclic amines) is 1. The van der Waals surface area contributed by atoms with E-state index in [0.717, 1.165) is 38.2 Å². The zero-order valence-corrected chi connectivity index (χ0v) is 50.5. The second kappa shape index (κ2) is 23.4. The number of benzene rings is 2. The number of nitrogens with one attached hydrogen (secondary N) is 1. The first-order chi connectivity index (χ1) is 40.7. The maximum atomic E-state index is 16.5. The van der Waals surface area contributed by atoms with E-state index in [1.54, 1.807) is 49.3 Å². The summed E-state index contributed by atoms with van der Waals surface area (Å²) in [6.45, 7) is 13.8. The molecule has 86 heavy (non-hydrogen) atoms. The molecule has 21 nitrogen and oxygen atoms in total. The molecule has 3 aromatic rings. The number of aliphatic hydroxyl groups excluding tert-OH is 2.